The molecule has 0 amide bonds. The number of nitrogens with two attached hydrogens (primary N) is 1. The number of nitrogens with one attached hydrogen (secondary N) is 1. The number of hydrogen-bond donors (Lipinski definition) is 2. The van der Waals surface area contributed by atoms with E-state index in [0.29, 0.717) is 18.5 Å². The van der Waals surface area contributed by atoms with Gasteiger partial charge < -0.3 is 9.47 Å². The topological polar surface area (TPSA) is 56.5 Å². The second kappa shape index (κ2) is 5.38. The van der Waals surface area contributed by atoms with Crippen molar-refractivity contribution in [1.29, 1.82) is 0 Å². The molecule has 18 heavy (non-hydrogen) atoms. The van der Waals surface area contributed by atoms with Gasteiger partial charge in [0.25, 0.3) is 0 Å². The lowest BCUT2D eigenvalue weighted by molar-refractivity contribution is 0.171. The Labute approximate surface area is 111 Å². The summed E-state index contributed by atoms with van der Waals surface area (Å²) >= 11 is 1.99. The largest absolute Gasteiger partial charge is 0.486 e. The Kier molecular flexibility index (Phi) is 3.63. The second-order valence-corrected chi connectivity index (χ2v) is 5.95. The first-order valence-electron chi connectivity index (χ1n) is 6.36. The maximum atomic E-state index is 5.73. The fourth-order valence-electron chi connectivity index (χ4n) is 2.54. The van der Waals surface area contributed by atoms with Crippen molar-refractivity contribution >= 4 is 11.8 Å². The highest BCUT2D eigenvalue weighted by molar-refractivity contribution is 8.00. The Balaban J connectivity index is 1.85. The highest BCUT2D eigenvalue weighted by atomic mass is 32.2. The van der Waals surface area contributed by atoms with Gasteiger partial charge in [0, 0.05) is 5.25 Å². The van der Waals surface area contributed by atoms with Crippen molar-refractivity contribution < 1.29 is 9.47 Å². The molecule has 1 fully saturated rings. The summed E-state index contributed by atoms with van der Waals surface area (Å²) in [5.41, 5.74) is 4.13. The third-order valence-electron chi connectivity index (χ3n) is 3.44. The fourth-order valence-corrected chi connectivity index (χ4v) is 3.93. The summed E-state index contributed by atoms with van der Waals surface area (Å²) in [6.45, 7) is 1.25. The predicted octanol–water partition coefficient (Wildman–Crippen LogP) is 1.86. The summed E-state index contributed by atoms with van der Waals surface area (Å²) < 4.78 is 11.2. The van der Waals surface area contributed by atoms with E-state index in [1.54, 1.807) is 0 Å². The summed E-state index contributed by atoms with van der Waals surface area (Å²) in [7, 11) is 0. The molecule has 0 bridgehead atoms. The van der Waals surface area contributed by atoms with Gasteiger partial charge in [0.1, 0.15) is 13.2 Å². The van der Waals surface area contributed by atoms with E-state index in [9.17, 15) is 0 Å². The van der Waals surface area contributed by atoms with E-state index in [1.165, 1.54) is 24.2 Å². The van der Waals surface area contributed by atoms with Gasteiger partial charge in [-0.05, 0) is 36.3 Å². The van der Waals surface area contributed by atoms with Crippen molar-refractivity contribution in [1.82, 2.24) is 5.43 Å². The fraction of sp³-hybridized carbons (Fsp3) is 0.538. The average Bonchev–Trinajstić information content (AvgIpc) is 2.93. The molecule has 0 spiro atoms. The summed E-state index contributed by atoms with van der Waals surface area (Å²) in [6, 6.07) is 6.30. The maximum absolute atomic E-state index is 5.73. The quantitative estimate of drug-likeness (QED) is 0.646. The van der Waals surface area contributed by atoms with Crippen LogP contribution >= 0.6 is 11.8 Å². The normalized spacial score (nSPS) is 23.9. The lowest BCUT2D eigenvalue weighted by Gasteiger charge is -2.25. The number of benzene rings is 1. The summed E-state index contributed by atoms with van der Waals surface area (Å²) in [5.74, 6) is 8.62. The van der Waals surface area contributed by atoms with Crippen molar-refractivity contribution in [3.63, 3.8) is 0 Å². The monoisotopic (exact) mass is 266 g/mol. The molecule has 5 heteroatoms. The van der Waals surface area contributed by atoms with Crippen LogP contribution in [0.4, 0.5) is 0 Å². The minimum Gasteiger partial charge on any atom is -0.486 e. The van der Waals surface area contributed by atoms with E-state index in [4.69, 9.17) is 15.3 Å². The minimum atomic E-state index is 0.188. The van der Waals surface area contributed by atoms with Gasteiger partial charge in [-0.25, -0.2) is 0 Å². The van der Waals surface area contributed by atoms with Crippen LogP contribution in [-0.4, -0.2) is 24.2 Å². The van der Waals surface area contributed by atoms with Crippen molar-refractivity contribution in [2.45, 2.75) is 24.1 Å². The summed E-state index contributed by atoms with van der Waals surface area (Å²) in [5, 5.41) is 0.553. The van der Waals surface area contributed by atoms with Crippen LogP contribution < -0.4 is 20.7 Å². The van der Waals surface area contributed by atoms with E-state index in [0.717, 1.165) is 11.5 Å². The zero-order valence-electron chi connectivity index (χ0n) is 10.2. The predicted molar refractivity (Wildman–Crippen MR) is 73.0 cm³/mol. The van der Waals surface area contributed by atoms with E-state index in [-0.39, 0.29) is 6.04 Å². The van der Waals surface area contributed by atoms with E-state index < -0.39 is 0 Å². The number of fused-ring (bicyclic) bond motifs is 1. The molecule has 1 saturated heterocycles. The number of hydrazine groups is 1. The number of thioether (sulfide) groups is 1. The van der Waals surface area contributed by atoms with Crippen LogP contribution in [0.3, 0.4) is 0 Å². The number of rotatable bonds is 3. The summed E-state index contributed by atoms with van der Waals surface area (Å²) in [6.07, 6.45) is 2.49. The number of hydrogen-bond acceptors (Lipinski definition) is 5. The molecule has 2 heterocycles. The van der Waals surface area contributed by atoms with Gasteiger partial charge in [-0.1, -0.05) is 6.07 Å². The molecule has 2 aliphatic rings. The van der Waals surface area contributed by atoms with Crippen LogP contribution in [0.5, 0.6) is 11.5 Å². The lowest BCUT2D eigenvalue weighted by Crippen LogP contribution is -2.34. The highest BCUT2D eigenvalue weighted by Crippen LogP contribution is 2.39. The SMILES string of the molecule is NNC(c1ccc2c(c1)OCCO2)C1CCCS1. The Morgan fingerprint density at radius 2 is 2.11 bits per heavy atom. The Hall–Kier alpha value is -0.910. The molecular formula is C13H18N2O2S. The minimum absolute atomic E-state index is 0.188. The molecule has 1 aromatic carbocycles. The van der Waals surface area contributed by atoms with Crippen LogP contribution in [0.25, 0.3) is 0 Å². The van der Waals surface area contributed by atoms with Crippen LogP contribution in [0.2, 0.25) is 0 Å². The third-order valence-corrected chi connectivity index (χ3v) is 4.90. The molecule has 98 valence electrons. The molecule has 0 saturated carbocycles. The summed E-state index contributed by atoms with van der Waals surface area (Å²) in [4.78, 5) is 0. The van der Waals surface area contributed by atoms with E-state index in [2.05, 4.69) is 17.6 Å². The third kappa shape index (κ3) is 2.30. The van der Waals surface area contributed by atoms with Crippen molar-refractivity contribution in [2.24, 2.45) is 5.84 Å². The molecule has 2 atom stereocenters. The first-order chi connectivity index (χ1) is 8.88. The van der Waals surface area contributed by atoms with Gasteiger partial charge in [-0.2, -0.15) is 11.8 Å². The second-order valence-electron chi connectivity index (χ2n) is 4.60. The zero-order chi connectivity index (χ0) is 12.4. The molecule has 4 nitrogen and oxygen atoms in total. The van der Waals surface area contributed by atoms with Crippen LogP contribution in [0, 0.1) is 0 Å². The highest BCUT2D eigenvalue weighted by Gasteiger charge is 2.27. The molecule has 0 aromatic heterocycles. The first-order valence-corrected chi connectivity index (χ1v) is 7.40. The Morgan fingerprint density at radius 3 is 2.83 bits per heavy atom. The van der Waals surface area contributed by atoms with Crippen LogP contribution in [-0.2, 0) is 0 Å². The molecule has 0 aliphatic carbocycles. The molecule has 2 aliphatic heterocycles. The lowest BCUT2D eigenvalue weighted by atomic mass is 10.0. The molecule has 3 rings (SSSR count). The van der Waals surface area contributed by atoms with Gasteiger partial charge >= 0.3 is 0 Å². The van der Waals surface area contributed by atoms with Gasteiger partial charge in [-0.15, -0.1) is 0 Å². The van der Waals surface area contributed by atoms with Gasteiger partial charge in [0.05, 0.1) is 6.04 Å². The first kappa shape index (κ1) is 12.1. The smallest absolute Gasteiger partial charge is 0.161 e. The Bertz CT molecular complexity index is 421. The molecule has 0 radical (unpaired) electrons. The molecule has 3 N–H and O–H groups in total. The van der Waals surface area contributed by atoms with Crippen LogP contribution in [0.15, 0.2) is 18.2 Å². The maximum Gasteiger partial charge on any atom is 0.161 e. The van der Waals surface area contributed by atoms with Crippen molar-refractivity contribution in [3.05, 3.63) is 23.8 Å². The molecule has 1 aromatic rings. The number of ether oxygens (including phenoxy) is 2. The zero-order valence-corrected chi connectivity index (χ0v) is 11.0. The van der Waals surface area contributed by atoms with Crippen LogP contribution in [0.1, 0.15) is 24.4 Å². The average molecular weight is 266 g/mol. The molecular weight excluding hydrogens is 248 g/mol. The van der Waals surface area contributed by atoms with Gasteiger partial charge in [0.2, 0.25) is 0 Å². The van der Waals surface area contributed by atoms with Crippen molar-refractivity contribution in [3.8, 4) is 11.5 Å². The van der Waals surface area contributed by atoms with E-state index in [1.807, 2.05) is 17.8 Å². The van der Waals surface area contributed by atoms with Crippen molar-refractivity contribution in [2.75, 3.05) is 19.0 Å². The van der Waals surface area contributed by atoms with E-state index >= 15 is 0 Å². The van der Waals surface area contributed by atoms with Gasteiger partial charge in [0.15, 0.2) is 11.5 Å². The Morgan fingerprint density at radius 1 is 1.28 bits per heavy atom. The standard InChI is InChI=1S/C13H18N2O2S/c14-15-13(12-2-1-7-18-12)9-3-4-10-11(8-9)17-6-5-16-10/h3-4,8,12-13,15H,1-2,5-7,14H2. The van der Waals surface area contributed by atoms with Gasteiger partial charge in [-0.3, -0.25) is 11.3 Å². The molecule has 2 unspecified atom stereocenters.